The van der Waals surface area contributed by atoms with Crippen molar-refractivity contribution in [1.82, 2.24) is 14.3 Å². The first kappa shape index (κ1) is 13.8. The summed E-state index contributed by atoms with van der Waals surface area (Å²) in [5, 5.41) is 0.151. The molecule has 0 amide bonds. The third-order valence-electron chi connectivity index (χ3n) is 3.35. The molecule has 5 nitrogen and oxygen atoms in total. The number of hydrogen-bond donors (Lipinski definition) is 1. The number of H-pyrrole nitrogens is 1. The fraction of sp³-hybridized carbons (Fsp3) is 0.727. The van der Waals surface area contributed by atoms with Crippen LogP contribution in [-0.4, -0.2) is 41.2 Å². The number of aromatic amines is 1. The fourth-order valence-electron chi connectivity index (χ4n) is 2.46. The van der Waals surface area contributed by atoms with E-state index in [1.54, 1.807) is 0 Å². The van der Waals surface area contributed by atoms with Gasteiger partial charge in [-0.25, -0.2) is 13.4 Å². The van der Waals surface area contributed by atoms with Crippen LogP contribution in [0.1, 0.15) is 32.1 Å². The van der Waals surface area contributed by atoms with Crippen LogP contribution in [0.15, 0.2) is 17.6 Å². The number of aromatic nitrogens is 2. The molecule has 18 heavy (non-hydrogen) atoms. The zero-order valence-corrected chi connectivity index (χ0v) is 11.8. The van der Waals surface area contributed by atoms with Gasteiger partial charge in [0.05, 0.1) is 12.5 Å². The van der Waals surface area contributed by atoms with Gasteiger partial charge in [-0.3, -0.25) is 0 Å². The van der Waals surface area contributed by atoms with Crippen LogP contribution >= 0.6 is 11.6 Å². The van der Waals surface area contributed by atoms with Gasteiger partial charge in [0.25, 0.3) is 10.0 Å². The Kier molecular flexibility index (Phi) is 4.64. The van der Waals surface area contributed by atoms with E-state index in [1.807, 2.05) is 0 Å². The van der Waals surface area contributed by atoms with Gasteiger partial charge >= 0.3 is 0 Å². The Balaban J connectivity index is 2.23. The van der Waals surface area contributed by atoms with E-state index in [0.717, 1.165) is 25.7 Å². The third kappa shape index (κ3) is 2.87. The van der Waals surface area contributed by atoms with E-state index >= 15 is 0 Å². The van der Waals surface area contributed by atoms with Gasteiger partial charge in [0.1, 0.15) is 0 Å². The first-order valence-corrected chi connectivity index (χ1v) is 8.20. The van der Waals surface area contributed by atoms with Crippen molar-refractivity contribution in [2.45, 2.75) is 43.2 Å². The largest absolute Gasteiger partial charge is 0.335 e. The van der Waals surface area contributed by atoms with Gasteiger partial charge in [-0.15, -0.1) is 11.6 Å². The third-order valence-corrected chi connectivity index (χ3v) is 5.39. The van der Waals surface area contributed by atoms with Crippen LogP contribution < -0.4 is 0 Å². The molecule has 0 aliphatic heterocycles. The summed E-state index contributed by atoms with van der Waals surface area (Å²) in [7, 11) is -3.49. The second-order valence-electron chi connectivity index (χ2n) is 4.51. The first-order chi connectivity index (χ1) is 8.66. The molecule has 102 valence electrons. The molecule has 0 spiro atoms. The van der Waals surface area contributed by atoms with Crippen molar-refractivity contribution in [1.29, 1.82) is 0 Å². The number of halogens is 1. The molecule has 7 heteroatoms. The molecule has 0 bridgehead atoms. The van der Waals surface area contributed by atoms with Crippen molar-refractivity contribution in [2.75, 3.05) is 12.4 Å². The second kappa shape index (κ2) is 6.04. The summed E-state index contributed by atoms with van der Waals surface area (Å²) in [6.45, 7) is 0.355. The van der Waals surface area contributed by atoms with Crippen LogP contribution in [0, 0.1) is 0 Å². The lowest BCUT2D eigenvalue weighted by atomic mass is 9.95. The predicted molar refractivity (Wildman–Crippen MR) is 70.1 cm³/mol. The molecule has 1 aromatic heterocycles. The Bertz CT molecular complexity index is 455. The quantitative estimate of drug-likeness (QED) is 0.844. The molecule has 1 N–H and O–H groups in total. The molecule has 0 aromatic carbocycles. The molecular formula is C11H18ClN3O2S. The molecular weight excluding hydrogens is 274 g/mol. The lowest BCUT2D eigenvalue weighted by Crippen LogP contribution is -2.42. The van der Waals surface area contributed by atoms with Crippen LogP contribution in [0.3, 0.4) is 0 Å². The highest BCUT2D eigenvalue weighted by atomic mass is 35.5. The van der Waals surface area contributed by atoms with Gasteiger partial charge in [-0.1, -0.05) is 19.3 Å². The zero-order valence-electron chi connectivity index (χ0n) is 10.2. The maximum Gasteiger partial charge on any atom is 0.260 e. The highest BCUT2D eigenvalue weighted by molar-refractivity contribution is 7.89. The van der Waals surface area contributed by atoms with E-state index in [1.165, 1.54) is 23.3 Å². The molecule has 1 aliphatic carbocycles. The number of hydrogen-bond acceptors (Lipinski definition) is 3. The number of sulfonamides is 1. The van der Waals surface area contributed by atoms with Gasteiger partial charge in [0, 0.05) is 18.5 Å². The van der Waals surface area contributed by atoms with E-state index in [2.05, 4.69) is 9.97 Å². The van der Waals surface area contributed by atoms with E-state index < -0.39 is 10.0 Å². The smallest absolute Gasteiger partial charge is 0.260 e. The summed E-state index contributed by atoms with van der Waals surface area (Å²) < 4.78 is 26.5. The average molecular weight is 292 g/mol. The van der Waals surface area contributed by atoms with Crippen molar-refractivity contribution >= 4 is 21.6 Å². The highest BCUT2D eigenvalue weighted by Crippen LogP contribution is 2.26. The minimum absolute atomic E-state index is 0.0748. The van der Waals surface area contributed by atoms with E-state index in [0.29, 0.717) is 12.4 Å². The first-order valence-electron chi connectivity index (χ1n) is 6.22. The minimum atomic E-state index is -3.49. The van der Waals surface area contributed by atoms with Crippen molar-refractivity contribution in [3.8, 4) is 0 Å². The maximum atomic E-state index is 12.5. The topological polar surface area (TPSA) is 66.1 Å². The summed E-state index contributed by atoms with van der Waals surface area (Å²) in [5.41, 5.74) is 0. The lowest BCUT2D eigenvalue weighted by Gasteiger charge is -2.32. The van der Waals surface area contributed by atoms with Crippen molar-refractivity contribution in [3.63, 3.8) is 0 Å². The Morgan fingerprint density at radius 3 is 2.67 bits per heavy atom. The normalized spacial score (nSPS) is 18.3. The van der Waals surface area contributed by atoms with Crippen LogP contribution in [-0.2, 0) is 10.0 Å². The van der Waals surface area contributed by atoms with Crippen molar-refractivity contribution < 1.29 is 8.42 Å². The summed E-state index contributed by atoms with van der Waals surface area (Å²) >= 11 is 5.75. The standard InChI is InChI=1S/C11H18ClN3O2S/c12-6-7-15(10-4-2-1-3-5-10)18(16,17)11-8-13-9-14-11/h8-10H,1-7H2,(H,13,14). The van der Waals surface area contributed by atoms with E-state index in [4.69, 9.17) is 11.6 Å². The van der Waals surface area contributed by atoms with Gasteiger partial charge in [0.15, 0.2) is 5.03 Å². The van der Waals surface area contributed by atoms with Gasteiger partial charge in [0.2, 0.25) is 0 Å². The fourth-order valence-corrected chi connectivity index (χ4v) is 4.33. The Morgan fingerprint density at radius 1 is 1.39 bits per heavy atom. The average Bonchev–Trinajstić information content (AvgIpc) is 2.91. The molecule has 0 atom stereocenters. The summed E-state index contributed by atoms with van der Waals surface area (Å²) in [6.07, 6.45) is 7.93. The van der Waals surface area contributed by atoms with Crippen molar-refractivity contribution in [3.05, 3.63) is 12.5 Å². The molecule has 2 rings (SSSR count). The molecule has 0 saturated heterocycles. The Hall–Kier alpha value is -0.590. The molecule has 0 radical (unpaired) electrons. The summed E-state index contributed by atoms with van der Waals surface area (Å²) in [6, 6.07) is 0.0748. The molecule has 1 heterocycles. The number of rotatable bonds is 5. The molecule has 1 aliphatic rings. The Labute approximate surface area is 113 Å². The summed E-state index contributed by atoms with van der Waals surface area (Å²) in [4.78, 5) is 6.45. The molecule has 1 aromatic rings. The van der Waals surface area contributed by atoms with Gasteiger partial charge < -0.3 is 4.98 Å². The maximum absolute atomic E-state index is 12.5. The van der Waals surface area contributed by atoms with Crippen molar-refractivity contribution in [2.24, 2.45) is 0 Å². The lowest BCUT2D eigenvalue weighted by molar-refractivity contribution is 0.261. The monoisotopic (exact) mass is 291 g/mol. The SMILES string of the molecule is O=S(=O)(c1cnc[nH]1)N(CCCl)C1CCCCC1. The number of imidazole rings is 1. The minimum Gasteiger partial charge on any atom is -0.335 e. The number of nitrogens with one attached hydrogen (secondary N) is 1. The number of nitrogens with zero attached hydrogens (tertiary/aromatic N) is 2. The Morgan fingerprint density at radius 2 is 2.11 bits per heavy atom. The van der Waals surface area contributed by atoms with Crippen LogP contribution in [0.25, 0.3) is 0 Å². The molecule has 1 fully saturated rings. The highest BCUT2D eigenvalue weighted by Gasteiger charge is 2.32. The summed E-state index contributed by atoms with van der Waals surface area (Å²) in [5.74, 6) is 0.309. The second-order valence-corrected chi connectivity index (χ2v) is 6.75. The number of alkyl halides is 1. The van der Waals surface area contributed by atoms with Crippen LogP contribution in [0.5, 0.6) is 0 Å². The molecule has 0 unspecified atom stereocenters. The van der Waals surface area contributed by atoms with Crippen LogP contribution in [0.4, 0.5) is 0 Å². The molecule has 1 saturated carbocycles. The van der Waals surface area contributed by atoms with Crippen LogP contribution in [0.2, 0.25) is 0 Å². The van der Waals surface area contributed by atoms with Gasteiger partial charge in [-0.05, 0) is 12.8 Å². The predicted octanol–water partition coefficient (Wildman–Crippen LogP) is 1.97. The zero-order chi connectivity index (χ0) is 13.0. The van der Waals surface area contributed by atoms with Gasteiger partial charge in [-0.2, -0.15) is 4.31 Å². The van der Waals surface area contributed by atoms with E-state index in [9.17, 15) is 8.42 Å². The van der Waals surface area contributed by atoms with E-state index in [-0.39, 0.29) is 11.1 Å².